The second-order valence-corrected chi connectivity index (χ2v) is 7.33. The summed E-state index contributed by atoms with van der Waals surface area (Å²) in [5.41, 5.74) is 0.778. The Labute approximate surface area is 145 Å². The summed E-state index contributed by atoms with van der Waals surface area (Å²) in [5.74, 6) is -0.0395. The minimum absolute atomic E-state index is 0.0128. The van der Waals surface area contributed by atoms with E-state index in [0.29, 0.717) is 31.9 Å². The molecule has 2 heterocycles. The van der Waals surface area contributed by atoms with E-state index in [0.717, 1.165) is 0 Å². The summed E-state index contributed by atoms with van der Waals surface area (Å²) in [4.78, 5) is 14.4. The maximum absolute atomic E-state index is 12.7. The molecule has 0 aliphatic carbocycles. The lowest BCUT2D eigenvalue weighted by atomic mass is 10.1. The molecule has 25 heavy (non-hydrogen) atoms. The molecule has 1 aromatic heterocycles. The number of aryl methyl sites for hydroxylation is 2. The Hall–Kier alpha value is -2.39. The van der Waals surface area contributed by atoms with Crippen molar-refractivity contribution in [1.82, 2.24) is 10.1 Å². The minimum atomic E-state index is -3.92. The first kappa shape index (κ1) is 17.4. The number of para-hydroxylation sites is 1. The van der Waals surface area contributed by atoms with Gasteiger partial charge in [-0.15, -0.1) is 0 Å². The highest BCUT2D eigenvalue weighted by Crippen LogP contribution is 2.25. The van der Waals surface area contributed by atoms with E-state index in [4.69, 9.17) is 9.26 Å². The summed E-state index contributed by atoms with van der Waals surface area (Å²) >= 11 is 0. The Morgan fingerprint density at radius 2 is 1.88 bits per heavy atom. The van der Waals surface area contributed by atoms with Crippen LogP contribution in [0.1, 0.15) is 21.8 Å². The van der Waals surface area contributed by atoms with Crippen molar-refractivity contribution >= 4 is 21.6 Å². The second kappa shape index (κ2) is 6.85. The molecule has 0 bridgehead atoms. The summed E-state index contributed by atoms with van der Waals surface area (Å²) in [6.07, 6.45) is 0. The zero-order valence-corrected chi connectivity index (χ0v) is 14.8. The third kappa shape index (κ3) is 3.52. The molecule has 0 atom stereocenters. The number of sulfonamides is 1. The van der Waals surface area contributed by atoms with E-state index in [2.05, 4.69) is 9.88 Å². The molecule has 1 aliphatic heterocycles. The first-order valence-corrected chi connectivity index (χ1v) is 9.30. The largest absolute Gasteiger partial charge is 0.378 e. The van der Waals surface area contributed by atoms with Crippen LogP contribution in [0.15, 0.2) is 33.7 Å². The Morgan fingerprint density at radius 3 is 2.52 bits per heavy atom. The average molecular weight is 365 g/mol. The summed E-state index contributed by atoms with van der Waals surface area (Å²) in [5, 5.41) is 3.67. The number of carbonyl (C=O) groups is 1. The molecule has 134 valence electrons. The smallest absolute Gasteiger partial charge is 0.267 e. The quantitative estimate of drug-likeness (QED) is 0.882. The van der Waals surface area contributed by atoms with Crippen LogP contribution in [0.2, 0.25) is 0 Å². The van der Waals surface area contributed by atoms with Gasteiger partial charge in [0, 0.05) is 13.1 Å². The molecule has 2 aromatic rings. The molecule has 0 unspecified atom stereocenters. The maximum Gasteiger partial charge on any atom is 0.267 e. The van der Waals surface area contributed by atoms with Crippen LogP contribution >= 0.6 is 0 Å². The SMILES string of the molecule is Cc1noc(C)c1S(=O)(=O)Nc1ccccc1C(=O)N1CCOCC1. The number of carbonyl (C=O) groups excluding carboxylic acids is 1. The van der Waals surface area contributed by atoms with Gasteiger partial charge < -0.3 is 14.2 Å². The number of nitrogens with one attached hydrogen (secondary N) is 1. The monoisotopic (exact) mass is 365 g/mol. The number of ether oxygens (including phenoxy) is 1. The van der Waals surface area contributed by atoms with Crippen molar-refractivity contribution in [3.8, 4) is 0 Å². The standard InChI is InChI=1S/C16H19N3O5S/c1-11-15(12(2)24-17-11)25(21,22)18-14-6-4-3-5-13(14)16(20)19-7-9-23-10-8-19/h3-6,18H,7-10H2,1-2H3. The number of anilines is 1. The Bertz CT molecular complexity index is 865. The lowest BCUT2D eigenvalue weighted by Gasteiger charge is -2.27. The van der Waals surface area contributed by atoms with Crippen molar-refractivity contribution in [3.63, 3.8) is 0 Å². The van der Waals surface area contributed by atoms with Gasteiger partial charge in [-0.3, -0.25) is 9.52 Å². The van der Waals surface area contributed by atoms with Gasteiger partial charge in [0.25, 0.3) is 15.9 Å². The van der Waals surface area contributed by atoms with Crippen molar-refractivity contribution < 1.29 is 22.5 Å². The zero-order valence-electron chi connectivity index (χ0n) is 14.0. The molecule has 0 saturated carbocycles. The molecule has 1 saturated heterocycles. The minimum Gasteiger partial charge on any atom is -0.378 e. The number of hydrogen-bond donors (Lipinski definition) is 1. The van der Waals surface area contributed by atoms with Gasteiger partial charge in [-0.1, -0.05) is 17.3 Å². The van der Waals surface area contributed by atoms with Gasteiger partial charge in [-0.2, -0.15) is 0 Å². The fourth-order valence-electron chi connectivity index (χ4n) is 2.75. The highest BCUT2D eigenvalue weighted by Gasteiger charge is 2.27. The van der Waals surface area contributed by atoms with Crippen LogP contribution in [0.3, 0.4) is 0 Å². The molecule has 0 radical (unpaired) electrons. The summed E-state index contributed by atoms with van der Waals surface area (Å²) < 4.78 is 38.1. The first-order valence-electron chi connectivity index (χ1n) is 7.82. The van der Waals surface area contributed by atoms with Crippen LogP contribution in [0.4, 0.5) is 5.69 Å². The maximum atomic E-state index is 12.7. The van der Waals surface area contributed by atoms with Gasteiger partial charge in [0.2, 0.25) is 0 Å². The van der Waals surface area contributed by atoms with Gasteiger partial charge >= 0.3 is 0 Å². The lowest BCUT2D eigenvalue weighted by Crippen LogP contribution is -2.41. The molecule has 9 heteroatoms. The first-order chi connectivity index (χ1) is 11.9. The number of nitrogens with zero attached hydrogens (tertiary/aromatic N) is 2. The lowest BCUT2D eigenvalue weighted by molar-refractivity contribution is 0.0303. The molecule has 1 fully saturated rings. The van der Waals surface area contributed by atoms with Crippen molar-refractivity contribution in [1.29, 1.82) is 0 Å². The second-order valence-electron chi connectivity index (χ2n) is 5.71. The topological polar surface area (TPSA) is 102 Å². The number of benzene rings is 1. The fourth-order valence-corrected chi connectivity index (χ4v) is 4.16. The third-order valence-corrected chi connectivity index (χ3v) is 5.55. The molecule has 3 rings (SSSR count). The normalized spacial score (nSPS) is 15.2. The molecule has 8 nitrogen and oxygen atoms in total. The van der Waals surface area contributed by atoms with Crippen molar-refractivity contribution in [3.05, 3.63) is 41.3 Å². The Morgan fingerprint density at radius 1 is 1.20 bits per heavy atom. The molecule has 1 aromatic carbocycles. The molecule has 0 spiro atoms. The summed E-state index contributed by atoms with van der Waals surface area (Å²) in [7, 11) is -3.92. The van der Waals surface area contributed by atoms with Crippen LogP contribution in [0, 0.1) is 13.8 Å². The van der Waals surface area contributed by atoms with Crippen molar-refractivity contribution in [2.24, 2.45) is 0 Å². The van der Waals surface area contributed by atoms with Crippen LogP contribution in [-0.2, 0) is 14.8 Å². The third-order valence-electron chi connectivity index (χ3n) is 3.94. The van der Waals surface area contributed by atoms with E-state index in [1.165, 1.54) is 6.92 Å². The molecular weight excluding hydrogens is 346 g/mol. The van der Waals surface area contributed by atoms with Crippen LogP contribution in [-0.4, -0.2) is 50.7 Å². The zero-order chi connectivity index (χ0) is 18.0. The van der Waals surface area contributed by atoms with E-state index >= 15 is 0 Å². The fraction of sp³-hybridized carbons (Fsp3) is 0.375. The Balaban J connectivity index is 1.92. The predicted octanol–water partition coefficient (Wildman–Crippen LogP) is 1.56. The molecule has 1 N–H and O–H groups in total. The van der Waals surface area contributed by atoms with E-state index in [1.54, 1.807) is 36.1 Å². The van der Waals surface area contributed by atoms with Crippen LogP contribution in [0.5, 0.6) is 0 Å². The van der Waals surface area contributed by atoms with Gasteiger partial charge in [-0.25, -0.2) is 8.42 Å². The highest BCUT2D eigenvalue weighted by atomic mass is 32.2. The van der Waals surface area contributed by atoms with Gasteiger partial charge in [0.1, 0.15) is 5.69 Å². The van der Waals surface area contributed by atoms with Gasteiger partial charge in [0.15, 0.2) is 10.7 Å². The number of aromatic nitrogens is 1. The number of morpholine rings is 1. The van der Waals surface area contributed by atoms with E-state index in [1.807, 2.05) is 0 Å². The van der Waals surface area contributed by atoms with Crippen molar-refractivity contribution in [2.75, 3.05) is 31.0 Å². The summed E-state index contributed by atoms with van der Waals surface area (Å²) in [6.45, 7) is 4.97. The van der Waals surface area contributed by atoms with Gasteiger partial charge in [0.05, 0.1) is 24.5 Å². The number of amides is 1. The Kier molecular flexibility index (Phi) is 4.78. The highest BCUT2D eigenvalue weighted by molar-refractivity contribution is 7.92. The molecule has 1 amide bonds. The van der Waals surface area contributed by atoms with Crippen molar-refractivity contribution in [2.45, 2.75) is 18.7 Å². The number of hydrogen-bond acceptors (Lipinski definition) is 6. The average Bonchev–Trinajstić information content (AvgIpc) is 2.94. The summed E-state index contributed by atoms with van der Waals surface area (Å²) in [6, 6.07) is 6.52. The molecular formula is C16H19N3O5S. The van der Waals surface area contributed by atoms with Crippen LogP contribution in [0.25, 0.3) is 0 Å². The number of rotatable bonds is 4. The van der Waals surface area contributed by atoms with E-state index < -0.39 is 10.0 Å². The van der Waals surface area contributed by atoms with E-state index in [9.17, 15) is 13.2 Å². The van der Waals surface area contributed by atoms with Crippen LogP contribution < -0.4 is 4.72 Å². The predicted molar refractivity (Wildman–Crippen MR) is 90.0 cm³/mol. The van der Waals surface area contributed by atoms with Gasteiger partial charge in [-0.05, 0) is 26.0 Å². The van der Waals surface area contributed by atoms with E-state index in [-0.39, 0.29) is 27.9 Å². The molecule has 1 aliphatic rings.